The summed E-state index contributed by atoms with van der Waals surface area (Å²) < 4.78 is 16.2. The summed E-state index contributed by atoms with van der Waals surface area (Å²) in [5, 5.41) is 3.16. The van der Waals surface area contributed by atoms with Crippen molar-refractivity contribution < 1.29 is 19.0 Å². The molecule has 0 spiro atoms. The molecule has 4 rings (SSSR count). The highest BCUT2D eigenvalue weighted by Gasteiger charge is 2.26. The molecule has 0 bridgehead atoms. The second kappa shape index (κ2) is 10.4. The van der Waals surface area contributed by atoms with E-state index < -0.39 is 0 Å². The van der Waals surface area contributed by atoms with Gasteiger partial charge in [-0.15, -0.1) is 0 Å². The van der Waals surface area contributed by atoms with Crippen LogP contribution in [0.1, 0.15) is 38.5 Å². The zero-order chi connectivity index (χ0) is 20.8. The molecule has 1 saturated heterocycles. The normalized spacial score (nSPS) is 24.1. The van der Waals surface area contributed by atoms with Gasteiger partial charge < -0.3 is 24.4 Å². The fourth-order valence-electron chi connectivity index (χ4n) is 4.83. The standard InChI is InChI=1S/C23H35N3O4/c1-28-16-10-22(27)24-19-7-5-18(6-8-19)9-11-25-12-14-26(15-13-25)20-3-2-4-21-23(20)30-17-29-21/h2-4,18-19H,5-17H2,1H3,(H,24,27)/t18-,19-. The Labute approximate surface area is 179 Å². The molecule has 2 aliphatic heterocycles. The number of fused-ring (bicyclic) bond motifs is 1. The van der Waals surface area contributed by atoms with Crippen molar-refractivity contribution in [3.63, 3.8) is 0 Å². The van der Waals surface area contributed by atoms with Gasteiger partial charge in [0.25, 0.3) is 0 Å². The maximum absolute atomic E-state index is 11.9. The zero-order valence-electron chi connectivity index (χ0n) is 18.1. The molecule has 1 amide bonds. The molecule has 0 atom stereocenters. The van der Waals surface area contributed by atoms with Gasteiger partial charge in [0.15, 0.2) is 11.5 Å². The number of rotatable bonds is 8. The van der Waals surface area contributed by atoms with E-state index in [4.69, 9.17) is 14.2 Å². The highest BCUT2D eigenvalue weighted by Crippen LogP contribution is 2.41. The van der Waals surface area contributed by atoms with E-state index in [9.17, 15) is 4.79 Å². The number of piperazine rings is 1. The predicted octanol–water partition coefficient (Wildman–Crippen LogP) is 2.64. The summed E-state index contributed by atoms with van der Waals surface area (Å²) in [7, 11) is 1.63. The summed E-state index contributed by atoms with van der Waals surface area (Å²) in [5.41, 5.74) is 1.16. The summed E-state index contributed by atoms with van der Waals surface area (Å²) in [4.78, 5) is 16.9. The van der Waals surface area contributed by atoms with Crippen molar-refractivity contribution in [1.82, 2.24) is 10.2 Å². The molecule has 1 N–H and O–H groups in total. The lowest BCUT2D eigenvalue weighted by Gasteiger charge is -2.37. The molecule has 30 heavy (non-hydrogen) atoms. The summed E-state index contributed by atoms with van der Waals surface area (Å²) >= 11 is 0. The van der Waals surface area contributed by atoms with Gasteiger partial charge in [-0.05, 0) is 56.7 Å². The van der Waals surface area contributed by atoms with Crippen molar-refractivity contribution in [2.75, 3.05) is 58.1 Å². The zero-order valence-corrected chi connectivity index (χ0v) is 18.1. The van der Waals surface area contributed by atoms with Crippen molar-refractivity contribution in [2.45, 2.75) is 44.6 Å². The molecule has 3 aliphatic rings. The van der Waals surface area contributed by atoms with Gasteiger partial charge in [0.05, 0.1) is 12.3 Å². The van der Waals surface area contributed by atoms with Gasteiger partial charge in [0.1, 0.15) is 0 Å². The van der Waals surface area contributed by atoms with Crippen molar-refractivity contribution >= 4 is 11.6 Å². The first-order chi connectivity index (χ1) is 14.7. The van der Waals surface area contributed by atoms with Crippen LogP contribution in [0.2, 0.25) is 0 Å². The molecule has 7 heteroatoms. The third-order valence-corrected chi connectivity index (χ3v) is 6.69. The summed E-state index contributed by atoms with van der Waals surface area (Å²) in [6.07, 6.45) is 6.40. The largest absolute Gasteiger partial charge is 0.454 e. The lowest BCUT2D eigenvalue weighted by molar-refractivity contribution is -0.122. The van der Waals surface area contributed by atoms with Gasteiger partial charge in [0, 0.05) is 45.8 Å². The molecule has 0 aromatic heterocycles. The summed E-state index contributed by atoms with van der Waals surface area (Å²) in [6.45, 7) is 6.24. The number of nitrogens with one attached hydrogen (secondary N) is 1. The van der Waals surface area contributed by atoms with Crippen LogP contribution >= 0.6 is 0 Å². The predicted molar refractivity (Wildman–Crippen MR) is 116 cm³/mol. The summed E-state index contributed by atoms with van der Waals surface area (Å²) in [6, 6.07) is 6.51. The number of carbonyl (C=O) groups excluding carboxylic acids is 1. The van der Waals surface area contributed by atoms with Crippen molar-refractivity contribution in [3.8, 4) is 11.5 Å². The minimum atomic E-state index is 0.124. The van der Waals surface area contributed by atoms with Crippen molar-refractivity contribution in [3.05, 3.63) is 18.2 Å². The number of carbonyl (C=O) groups is 1. The van der Waals surface area contributed by atoms with E-state index in [0.29, 0.717) is 25.9 Å². The maximum Gasteiger partial charge on any atom is 0.231 e. The van der Waals surface area contributed by atoms with E-state index in [1.165, 1.54) is 25.8 Å². The van der Waals surface area contributed by atoms with E-state index in [2.05, 4.69) is 21.2 Å². The second-order valence-electron chi connectivity index (χ2n) is 8.66. The third-order valence-electron chi connectivity index (χ3n) is 6.69. The molecule has 1 aromatic carbocycles. The van der Waals surface area contributed by atoms with Crippen LogP contribution in [-0.4, -0.2) is 70.1 Å². The number of benzene rings is 1. The number of nitrogens with zero attached hydrogens (tertiary/aromatic N) is 2. The molecule has 0 unspecified atom stereocenters. The Bertz CT molecular complexity index is 698. The minimum Gasteiger partial charge on any atom is -0.454 e. The van der Waals surface area contributed by atoms with Crippen LogP contribution in [0.5, 0.6) is 11.5 Å². The number of methoxy groups -OCH3 is 1. The maximum atomic E-state index is 11.9. The summed E-state index contributed by atoms with van der Waals surface area (Å²) in [5.74, 6) is 2.68. The molecule has 166 valence electrons. The molecular weight excluding hydrogens is 382 g/mol. The van der Waals surface area contributed by atoms with Gasteiger partial charge in [0.2, 0.25) is 12.7 Å². The molecule has 1 aliphatic carbocycles. The Morgan fingerprint density at radius 1 is 1.13 bits per heavy atom. The van der Waals surface area contributed by atoms with Crippen LogP contribution in [-0.2, 0) is 9.53 Å². The first kappa shape index (κ1) is 21.2. The number of para-hydroxylation sites is 1. The van der Waals surface area contributed by atoms with Crippen LogP contribution in [0.25, 0.3) is 0 Å². The Morgan fingerprint density at radius 3 is 2.70 bits per heavy atom. The average Bonchev–Trinajstić information content (AvgIpc) is 3.27. The van der Waals surface area contributed by atoms with E-state index in [1.54, 1.807) is 7.11 Å². The molecule has 0 radical (unpaired) electrons. The quantitative estimate of drug-likeness (QED) is 0.702. The number of anilines is 1. The number of amides is 1. The van der Waals surface area contributed by atoms with Crippen LogP contribution in [0, 0.1) is 5.92 Å². The number of ether oxygens (including phenoxy) is 3. The lowest BCUT2D eigenvalue weighted by atomic mass is 9.84. The fourth-order valence-corrected chi connectivity index (χ4v) is 4.83. The average molecular weight is 418 g/mol. The smallest absolute Gasteiger partial charge is 0.231 e. The molecule has 2 fully saturated rings. The van der Waals surface area contributed by atoms with Gasteiger partial charge in [-0.3, -0.25) is 9.69 Å². The van der Waals surface area contributed by atoms with Crippen molar-refractivity contribution in [1.29, 1.82) is 0 Å². The molecule has 2 heterocycles. The van der Waals surface area contributed by atoms with Crippen molar-refractivity contribution in [2.24, 2.45) is 5.92 Å². The van der Waals surface area contributed by atoms with Gasteiger partial charge >= 0.3 is 0 Å². The Morgan fingerprint density at radius 2 is 1.93 bits per heavy atom. The van der Waals surface area contributed by atoms with Crippen LogP contribution < -0.4 is 19.7 Å². The number of hydrogen-bond donors (Lipinski definition) is 1. The Balaban J connectivity index is 1.14. The van der Waals surface area contributed by atoms with Gasteiger partial charge in [-0.2, -0.15) is 0 Å². The Kier molecular flexibility index (Phi) is 7.33. The first-order valence-corrected chi connectivity index (χ1v) is 11.4. The Hall–Kier alpha value is -1.99. The molecule has 1 aromatic rings. The van der Waals surface area contributed by atoms with Gasteiger partial charge in [-0.25, -0.2) is 0 Å². The van der Waals surface area contributed by atoms with Crippen LogP contribution in [0.15, 0.2) is 18.2 Å². The topological polar surface area (TPSA) is 63.3 Å². The van der Waals surface area contributed by atoms with E-state index in [1.807, 2.05) is 12.1 Å². The van der Waals surface area contributed by atoms with E-state index in [0.717, 1.165) is 62.1 Å². The van der Waals surface area contributed by atoms with Crippen LogP contribution in [0.3, 0.4) is 0 Å². The SMILES string of the molecule is COCCC(=O)N[C@H]1CC[C@H](CCN2CCN(c3cccc4c3OCO4)CC2)CC1. The molecular formula is C23H35N3O4. The highest BCUT2D eigenvalue weighted by atomic mass is 16.7. The fraction of sp³-hybridized carbons (Fsp3) is 0.696. The second-order valence-corrected chi connectivity index (χ2v) is 8.66. The minimum absolute atomic E-state index is 0.124. The highest BCUT2D eigenvalue weighted by molar-refractivity contribution is 5.76. The molecule has 1 saturated carbocycles. The third kappa shape index (κ3) is 5.38. The van der Waals surface area contributed by atoms with E-state index >= 15 is 0 Å². The van der Waals surface area contributed by atoms with Gasteiger partial charge in [-0.1, -0.05) is 6.07 Å². The first-order valence-electron chi connectivity index (χ1n) is 11.4. The van der Waals surface area contributed by atoms with Crippen LogP contribution in [0.4, 0.5) is 5.69 Å². The lowest BCUT2D eigenvalue weighted by Crippen LogP contribution is -2.47. The van der Waals surface area contributed by atoms with E-state index in [-0.39, 0.29) is 5.91 Å². The molecule has 7 nitrogen and oxygen atoms in total. The monoisotopic (exact) mass is 417 g/mol. The number of hydrogen-bond acceptors (Lipinski definition) is 6.